The Morgan fingerprint density at radius 3 is 2.50 bits per heavy atom. The minimum Gasteiger partial charge on any atom is -0.281 e. The van der Waals surface area contributed by atoms with E-state index < -0.39 is 0 Å². The first-order chi connectivity index (χ1) is 12.9. The van der Waals surface area contributed by atoms with Gasteiger partial charge in [-0.1, -0.05) is 42.5 Å². The monoisotopic (exact) mass is 341 g/mol. The number of allylic oxidation sites excluding steroid dienone is 1. The van der Waals surface area contributed by atoms with Crippen molar-refractivity contribution >= 4 is 6.08 Å². The number of tetrazole rings is 1. The molecule has 5 rings (SSSR count). The molecule has 0 saturated carbocycles. The number of pyridine rings is 1. The lowest BCUT2D eigenvalue weighted by Gasteiger charge is -2.34. The van der Waals surface area contributed by atoms with Crippen LogP contribution in [0.5, 0.6) is 0 Å². The summed E-state index contributed by atoms with van der Waals surface area (Å²) in [6.07, 6.45) is 8.76. The third kappa shape index (κ3) is 2.17. The molecule has 0 bridgehead atoms. The van der Waals surface area contributed by atoms with E-state index in [0.717, 1.165) is 17.7 Å². The number of hydrogen-bond donors (Lipinski definition) is 2. The summed E-state index contributed by atoms with van der Waals surface area (Å²) in [5.74, 6) is 0.489. The third-order valence-corrected chi connectivity index (χ3v) is 4.91. The van der Waals surface area contributed by atoms with Crippen LogP contribution in [0.25, 0.3) is 17.6 Å². The number of H-pyrrole nitrogens is 2. The van der Waals surface area contributed by atoms with Crippen LogP contribution in [-0.4, -0.2) is 35.8 Å². The fourth-order valence-corrected chi connectivity index (χ4v) is 3.65. The van der Waals surface area contributed by atoms with E-state index >= 15 is 0 Å². The second-order valence-electron chi connectivity index (χ2n) is 6.28. The molecule has 1 aromatic carbocycles. The molecule has 2 N–H and O–H groups in total. The molecule has 7 nitrogen and oxygen atoms in total. The van der Waals surface area contributed by atoms with Crippen LogP contribution in [0, 0.1) is 0 Å². The van der Waals surface area contributed by atoms with Gasteiger partial charge in [0, 0.05) is 35.5 Å². The highest BCUT2D eigenvalue weighted by Crippen LogP contribution is 2.42. The Balaban J connectivity index is 1.67. The first-order valence-electron chi connectivity index (χ1n) is 8.33. The molecule has 1 unspecified atom stereocenters. The third-order valence-electron chi connectivity index (χ3n) is 4.91. The summed E-state index contributed by atoms with van der Waals surface area (Å²) in [6.45, 7) is 0. The Kier molecular flexibility index (Phi) is 3.24. The summed E-state index contributed by atoms with van der Waals surface area (Å²) in [4.78, 5) is 4.18. The van der Waals surface area contributed by atoms with Crippen molar-refractivity contribution in [3.8, 4) is 11.5 Å². The van der Waals surface area contributed by atoms with Crippen molar-refractivity contribution in [1.82, 2.24) is 35.8 Å². The Morgan fingerprint density at radius 2 is 1.73 bits per heavy atom. The molecule has 0 aliphatic heterocycles. The van der Waals surface area contributed by atoms with E-state index in [1.165, 1.54) is 11.1 Å². The van der Waals surface area contributed by atoms with Gasteiger partial charge in [0.15, 0.2) is 0 Å². The molecule has 1 atom stereocenters. The SMILES string of the molecule is C1=CC(c2ccccc2)(c2ccncc2)Cc2[nH]nc(-c3nn[nH]n3)c21. The number of aromatic amines is 2. The van der Waals surface area contributed by atoms with Gasteiger partial charge in [-0.15, -0.1) is 10.2 Å². The van der Waals surface area contributed by atoms with E-state index in [2.05, 4.69) is 84.4 Å². The summed E-state index contributed by atoms with van der Waals surface area (Å²) in [6, 6.07) is 14.6. The van der Waals surface area contributed by atoms with E-state index in [4.69, 9.17) is 0 Å². The summed E-state index contributed by atoms with van der Waals surface area (Å²) in [5.41, 5.74) is 4.90. The van der Waals surface area contributed by atoms with Crippen LogP contribution in [0.15, 0.2) is 60.9 Å². The zero-order valence-corrected chi connectivity index (χ0v) is 13.8. The number of hydrogen-bond acceptors (Lipinski definition) is 5. The molecule has 26 heavy (non-hydrogen) atoms. The number of aromatic nitrogens is 7. The number of nitrogens with one attached hydrogen (secondary N) is 2. The fourth-order valence-electron chi connectivity index (χ4n) is 3.65. The van der Waals surface area contributed by atoms with Crippen molar-refractivity contribution in [2.75, 3.05) is 0 Å². The standard InChI is InChI=1S/C19H15N7/c1-2-4-13(5-3-1)19(14-7-10-20-11-8-14)9-6-15-16(12-19)21-22-17(15)18-23-25-26-24-18/h1-11H,12H2,(H,21,22)(H,23,24,25,26). The fraction of sp³-hybridized carbons (Fsp3) is 0.105. The molecule has 4 aromatic rings. The zero-order valence-electron chi connectivity index (χ0n) is 13.8. The Hall–Kier alpha value is -3.61. The molecule has 1 aliphatic carbocycles. The summed E-state index contributed by atoms with van der Waals surface area (Å²) >= 11 is 0. The highest BCUT2D eigenvalue weighted by molar-refractivity contribution is 5.73. The Labute approximate surface area is 149 Å². The predicted octanol–water partition coefficient (Wildman–Crippen LogP) is 2.54. The first kappa shape index (κ1) is 14.7. The van der Waals surface area contributed by atoms with Crippen LogP contribution in [-0.2, 0) is 11.8 Å². The summed E-state index contributed by atoms with van der Waals surface area (Å²) in [5, 5.41) is 21.8. The largest absolute Gasteiger partial charge is 0.281 e. The van der Waals surface area contributed by atoms with Gasteiger partial charge in [0.1, 0.15) is 5.69 Å². The number of nitrogens with zero attached hydrogens (tertiary/aromatic N) is 5. The van der Waals surface area contributed by atoms with Gasteiger partial charge in [0.2, 0.25) is 5.82 Å². The average Bonchev–Trinajstić information content (AvgIpc) is 3.38. The van der Waals surface area contributed by atoms with Gasteiger partial charge >= 0.3 is 0 Å². The average molecular weight is 341 g/mol. The van der Waals surface area contributed by atoms with E-state index in [9.17, 15) is 0 Å². The molecule has 0 spiro atoms. The van der Waals surface area contributed by atoms with Gasteiger partial charge in [-0.2, -0.15) is 10.3 Å². The summed E-state index contributed by atoms with van der Waals surface area (Å²) in [7, 11) is 0. The number of fused-ring (bicyclic) bond motifs is 1. The van der Waals surface area contributed by atoms with E-state index in [-0.39, 0.29) is 5.41 Å². The molecule has 0 radical (unpaired) electrons. The van der Waals surface area contributed by atoms with Crippen molar-refractivity contribution in [1.29, 1.82) is 0 Å². The lowest BCUT2D eigenvalue weighted by molar-refractivity contribution is 0.619. The first-order valence-corrected chi connectivity index (χ1v) is 8.33. The van der Waals surface area contributed by atoms with Crippen LogP contribution in [0.4, 0.5) is 0 Å². The van der Waals surface area contributed by atoms with E-state index in [0.29, 0.717) is 11.5 Å². The topological polar surface area (TPSA) is 96.0 Å². The molecule has 0 saturated heterocycles. The van der Waals surface area contributed by atoms with E-state index in [1.807, 2.05) is 18.5 Å². The second kappa shape index (κ2) is 5.73. The zero-order chi connectivity index (χ0) is 17.4. The predicted molar refractivity (Wildman–Crippen MR) is 96.0 cm³/mol. The van der Waals surface area contributed by atoms with Crippen molar-refractivity contribution in [3.63, 3.8) is 0 Å². The minimum atomic E-state index is -0.280. The van der Waals surface area contributed by atoms with Gasteiger partial charge in [-0.3, -0.25) is 10.1 Å². The van der Waals surface area contributed by atoms with E-state index in [1.54, 1.807) is 0 Å². The quantitative estimate of drug-likeness (QED) is 0.597. The van der Waals surface area contributed by atoms with Gasteiger partial charge in [-0.25, -0.2) is 0 Å². The van der Waals surface area contributed by atoms with Crippen LogP contribution < -0.4 is 0 Å². The highest BCUT2D eigenvalue weighted by atomic mass is 15.5. The maximum Gasteiger partial charge on any atom is 0.225 e. The van der Waals surface area contributed by atoms with Gasteiger partial charge < -0.3 is 0 Å². The Morgan fingerprint density at radius 1 is 0.923 bits per heavy atom. The van der Waals surface area contributed by atoms with Gasteiger partial charge in [0.25, 0.3) is 0 Å². The Bertz CT molecular complexity index is 1010. The van der Waals surface area contributed by atoms with Crippen LogP contribution in [0.3, 0.4) is 0 Å². The van der Waals surface area contributed by atoms with Crippen LogP contribution in [0.2, 0.25) is 0 Å². The summed E-state index contributed by atoms with van der Waals surface area (Å²) < 4.78 is 0. The van der Waals surface area contributed by atoms with Crippen molar-refractivity contribution in [2.24, 2.45) is 0 Å². The highest BCUT2D eigenvalue weighted by Gasteiger charge is 2.36. The van der Waals surface area contributed by atoms with Crippen molar-refractivity contribution in [2.45, 2.75) is 11.8 Å². The number of benzene rings is 1. The van der Waals surface area contributed by atoms with Crippen molar-refractivity contribution in [3.05, 3.63) is 83.3 Å². The molecule has 126 valence electrons. The van der Waals surface area contributed by atoms with Gasteiger partial charge in [0.05, 0.1) is 0 Å². The molecule has 7 heteroatoms. The van der Waals surface area contributed by atoms with Crippen LogP contribution in [0.1, 0.15) is 22.4 Å². The molecule has 0 amide bonds. The molecule has 3 heterocycles. The maximum absolute atomic E-state index is 4.42. The second-order valence-corrected chi connectivity index (χ2v) is 6.28. The molecular formula is C19H15N7. The molecular weight excluding hydrogens is 326 g/mol. The lowest BCUT2D eigenvalue weighted by Crippen LogP contribution is -2.30. The lowest BCUT2D eigenvalue weighted by atomic mass is 9.68. The maximum atomic E-state index is 4.42. The minimum absolute atomic E-state index is 0.280. The van der Waals surface area contributed by atoms with Gasteiger partial charge in [-0.05, 0) is 28.5 Å². The molecule has 1 aliphatic rings. The van der Waals surface area contributed by atoms with Crippen LogP contribution >= 0.6 is 0 Å². The normalized spacial score (nSPS) is 18.6. The molecule has 3 aromatic heterocycles. The number of rotatable bonds is 3. The van der Waals surface area contributed by atoms with Crippen molar-refractivity contribution < 1.29 is 0 Å². The molecule has 0 fully saturated rings. The smallest absolute Gasteiger partial charge is 0.225 e.